The normalized spacial score (nSPS) is 16.4. The molecule has 0 spiro atoms. The molecule has 0 bridgehead atoms. The van der Waals surface area contributed by atoms with Crippen LogP contribution >= 0.6 is 15.9 Å². The number of aromatic nitrogens is 2. The van der Waals surface area contributed by atoms with E-state index in [1.807, 2.05) is 35.1 Å². The molecule has 2 aromatic rings. The molecule has 0 radical (unpaired) electrons. The highest BCUT2D eigenvalue weighted by atomic mass is 79.9. The van der Waals surface area contributed by atoms with Crippen LogP contribution in [0.5, 0.6) is 5.75 Å². The lowest BCUT2D eigenvalue weighted by Gasteiger charge is -2.09. The molecule has 1 saturated carbocycles. The van der Waals surface area contributed by atoms with Crippen LogP contribution in [0.25, 0.3) is 5.69 Å². The molecule has 0 unspecified atom stereocenters. The molecular formula is C14H16BrN3O. The Labute approximate surface area is 120 Å². The van der Waals surface area contributed by atoms with E-state index < -0.39 is 0 Å². The highest BCUT2D eigenvalue weighted by Crippen LogP contribution is 2.48. The first-order valence-corrected chi connectivity index (χ1v) is 7.08. The van der Waals surface area contributed by atoms with Crippen molar-refractivity contribution in [2.24, 2.45) is 5.73 Å². The van der Waals surface area contributed by atoms with E-state index in [4.69, 9.17) is 15.6 Å². The summed E-state index contributed by atoms with van der Waals surface area (Å²) in [5.74, 6) is 0.825. The molecule has 100 valence electrons. The average Bonchev–Trinajstić information content (AvgIpc) is 3.15. The van der Waals surface area contributed by atoms with Gasteiger partial charge in [0, 0.05) is 24.2 Å². The van der Waals surface area contributed by atoms with Gasteiger partial charge in [0.15, 0.2) is 0 Å². The Morgan fingerprint density at radius 1 is 1.47 bits per heavy atom. The number of hydrogen-bond donors (Lipinski definition) is 1. The van der Waals surface area contributed by atoms with Gasteiger partial charge in [0.05, 0.1) is 23.0 Å². The minimum atomic E-state index is 0.0863. The zero-order valence-corrected chi connectivity index (χ0v) is 12.4. The number of halogens is 1. The third-order valence-electron chi connectivity index (χ3n) is 3.73. The summed E-state index contributed by atoms with van der Waals surface area (Å²) in [7, 11) is 1.66. The molecule has 5 heteroatoms. The van der Waals surface area contributed by atoms with Crippen molar-refractivity contribution >= 4 is 15.9 Å². The number of methoxy groups -OCH3 is 1. The molecule has 3 rings (SSSR count). The summed E-state index contributed by atoms with van der Waals surface area (Å²) in [6.45, 7) is 0.653. The van der Waals surface area contributed by atoms with Crippen molar-refractivity contribution in [2.75, 3.05) is 13.7 Å². The molecule has 0 saturated heterocycles. The number of benzene rings is 1. The van der Waals surface area contributed by atoms with E-state index in [1.54, 1.807) is 7.11 Å². The molecule has 0 amide bonds. The van der Waals surface area contributed by atoms with Crippen LogP contribution in [0, 0.1) is 0 Å². The van der Waals surface area contributed by atoms with Crippen molar-refractivity contribution in [3.63, 3.8) is 0 Å². The van der Waals surface area contributed by atoms with Crippen LogP contribution in [-0.2, 0) is 5.41 Å². The zero-order chi connectivity index (χ0) is 13.5. The molecule has 1 fully saturated rings. The van der Waals surface area contributed by atoms with Gasteiger partial charge in [-0.1, -0.05) is 6.07 Å². The van der Waals surface area contributed by atoms with Gasteiger partial charge in [-0.2, -0.15) is 5.10 Å². The molecule has 1 aliphatic rings. The van der Waals surface area contributed by atoms with Gasteiger partial charge in [-0.25, -0.2) is 4.68 Å². The maximum Gasteiger partial charge on any atom is 0.121 e. The van der Waals surface area contributed by atoms with Gasteiger partial charge in [0.2, 0.25) is 0 Å². The number of rotatable bonds is 4. The fraction of sp³-hybridized carbons (Fsp3) is 0.357. The molecular weight excluding hydrogens is 306 g/mol. The largest absolute Gasteiger partial charge is 0.497 e. The number of ether oxygens (including phenoxy) is 1. The third-order valence-corrected chi connectivity index (χ3v) is 4.31. The van der Waals surface area contributed by atoms with Gasteiger partial charge in [0.25, 0.3) is 0 Å². The van der Waals surface area contributed by atoms with Crippen LogP contribution in [0.1, 0.15) is 18.5 Å². The fourth-order valence-electron chi connectivity index (χ4n) is 2.29. The Morgan fingerprint density at radius 3 is 2.89 bits per heavy atom. The highest BCUT2D eigenvalue weighted by molar-refractivity contribution is 9.10. The van der Waals surface area contributed by atoms with E-state index in [0.717, 1.165) is 34.4 Å². The van der Waals surface area contributed by atoms with Crippen LogP contribution in [-0.4, -0.2) is 23.4 Å². The summed E-state index contributed by atoms with van der Waals surface area (Å²) in [5, 5.41) is 4.69. The smallest absolute Gasteiger partial charge is 0.121 e. The molecule has 2 N–H and O–H groups in total. The molecule has 1 aliphatic carbocycles. The number of nitrogens with two attached hydrogens (primary N) is 1. The van der Waals surface area contributed by atoms with Crippen LogP contribution in [0.4, 0.5) is 0 Å². The van der Waals surface area contributed by atoms with Gasteiger partial charge >= 0.3 is 0 Å². The number of nitrogens with zero attached hydrogens (tertiary/aromatic N) is 2. The van der Waals surface area contributed by atoms with Gasteiger partial charge < -0.3 is 10.5 Å². The van der Waals surface area contributed by atoms with Crippen LogP contribution in [0.2, 0.25) is 0 Å². The lowest BCUT2D eigenvalue weighted by molar-refractivity contribution is 0.414. The molecule has 1 aromatic carbocycles. The first-order valence-electron chi connectivity index (χ1n) is 6.29. The maximum atomic E-state index is 5.87. The van der Waals surface area contributed by atoms with Crippen molar-refractivity contribution < 1.29 is 4.74 Å². The van der Waals surface area contributed by atoms with Crippen molar-refractivity contribution in [1.82, 2.24) is 9.78 Å². The second kappa shape index (κ2) is 4.65. The SMILES string of the molecule is COc1cccc(-n2cc(Br)c(C3(CN)CC3)n2)c1. The predicted molar refractivity (Wildman–Crippen MR) is 77.8 cm³/mol. The number of hydrogen-bond acceptors (Lipinski definition) is 3. The van der Waals surface area contributed by atoms with Crippen molar-refractivity contribution in [3.8, 4) is 11.4 Å². The monoisotopic (exact) mass is 321 g/mol. The van der Waals surface area contributed by atoms with Crippen LogP contribution < -0.4 is 10.5 Å². The first kappa shape index (κ1) is 12.7. The fourth-order valence-corrected chi connectivity index (χ4v) is 2.98. The second-order valence-electron chi connectivity index (χ2n) is 4.96. The van der Waals surface area contributed by atoms with Crippen molar-refractivity contribution in [2.45, 2.75) is 18.3 Å². The molecule has 1 aromatic heterocycles. The van der Waals surface area contributed by atoms with Gasteiger partial charge in [0.1, 0.15) is 5.75 Å². The standard InChI is InChI=1S/C14H16BrN3O/c1-19-11-4-2-3-10(7-11)18-8-12(15)13(17-18)14(9-16)5-6-14/h2-4,7-8H,5-6,9,16H2,1H3. The van der Waals surface area contributed by atoms with E-state index in [2.05, 4.69) is 15.9 Å². The van der Waals surface area contributed by atoms with E-state index in [-0.39, 0.29) is 5.41 Å². The summed E-state index contributed by atoms with van der Waals surface area (Å²) in [6.07, 6.45) is 4.23. The first-order chi connectivity index (χ1) is 9.18. The topological polar surface area (TPSA) is 53.1 Å². The Hall–Kier alpha value is -1.33. The Kier molecular flexibility index (Phi) is 3.11. The molecule has 0 atom stereocenters. The maximum absolute atomic E-state index is 5.87. The zero-order valence-electron chi connectivity index (χ0n) is 10.8. The molecule has 19 heavy (non-hydrogen) atoms. The van der Waals surface area contributed by atoms with Gasteiger partial charge in [-0.15, -0.1) is 0 Å². The predicted octanol–water partition coefficient (Wildman–Crippen LogP) is 2.63. The van der Waals surface area contributed by atoms with Crippen molar-refractivity contribution in [1.29, 1.82) is 0 Å². The van der Waals surface area contributed by atoms with Gasteiger partial charge in [-0.05, 0) is 40.9 Å². The lowest BCUT2D eigenvalue weighted by atomic mass is 10.0. The quantitative estimate of drug-likeness (QED) is 0.941. The minimum absolute atomic E-state index is 0.0863. The summed E-state index contributed by atoms with van der Waals surface area (Å²) in [5.41, 5.74) is 8.01. The van der Waals surface area contributed by atoms with Crippen LogP contribution in [0.3, 0.4) is 0 Å². The lowest BCUT2D eigenvalue weighted by Crippen LogP contribution is -2.21. The molecule has 0 aliphatic heterocycles. The highest BCUT2D eigenvalue weighted by Gasteiger charge is 2.46. The average molecular weight is 322 g/mol. The third kappa shape index (κ3) is 2.17. The Balaban J connectivity index is 2.00. The molecule has 4 nitrogen and oxygen atoms in total. The minimum Gasteiger partial charge on any atom is -0.497 e. The van der Waals surface area contributed by atoms with Crippen molar-refractivity contribution in [3.05, 3.63) is 40.6 Å². The summed E-state index contributed by atoms with van der Waals surface area (Å²) < 4.78 is 8.14. The summed E-state index contributed by atoms with van der Waals surface area (Å²) >= 11 is 3.60. The van der Waals surface area contributed by atoms with E-state index >= 15 is 0 Å². The summed E-state index contributed by atoms with van der Waals surface area (Å²) in [4.78, 5) is 0. The Bertz CT molecular complexity index is 604. The van der Waals surface area contributed by atoms with E-state index in [1.165, 1.54) is 0 Å². The van der Waals surface area contributed by atoms with Crippen LogP contribution in [0.15, 0.2) is 34.9 Å². The van der Waals surface area contributed by atoms with Gasteiger partial charge in [-0.3, -0.25) is 0 Å². The van der Waals surface area contributed by atoms with E-state index in [0.29, 0.717) is 6.54 Å². The summed E-state index contributed by atoms with van der Waals surface area (Å²) in [6, 6.07) is 7.85. The van der Waals surface area contributed by atoms with E-state index in [9.17, 15) is 0 Å². The second-order valence-corrected chi connectivity index (χ2v) is 5.81. The Morgan fingerprint density at radius 2 is 2.26 bits per heavy atom. The molecule has 1 heterocycles.